The number of ether oxygens (including phenoxy) is 2. The molecule has 16 atom stereocenters. The molecule has 30 nitrogen and oxygen atoms in total. The minimum absolute atomic E-state index is 0. The molecule has 8 fully saturated rings. The number of nitrogens with one attached hydrogen (secondary N) is 4. The predicted molar refractivity (Wildman–Crippen MR) is 603 cm³/mol. The molecule has 4 aliphatic heterocycles. The fourth-order valence-corrected chi connectivity index (χ4v) is 17.9. The van der Waals surface area contributed by atoms with Crippen molar-refractivity contribution in [2.45, 2.75) is 249 Å². The van der Waals surface area contributed by atoms with Crippen LogP contribution in [0.25, 0.3) is 44.1 Å². The number of fused-ring (bicyclic) bond motifs is 2. The molecule has 8 aliphatic rings. The Labute approximate surface area is 967 Å². The molecule has 150 heavy (non-hydrogen) atoms. The Hall–Kier alpha value is -8.34. The summed E-state index contributed by atoms with van der Waals surface area (Å²) < 4.78 is 79.1. The monoisotopic (exact) mass is 2580 g/mol. The van der Waals surface area contributed by atoms with Crippen LogP contribution in [0.1, 0.15) is 193 Å². The van der Waals surface area contributed by atoms with Crippen molar-refractivity contribution in [3.05, 3.63) is 224 Å². The van der Waals surface area contributed by atoms with E-state index in [0.29, 0.717) is 69.7 Å². The second-order valence-electron chi connectivity index (χ2n) is 37.2. The van der Waals surface area contributed by atoms with Gasteiger partial charge in [-0.2, -0.15) is 23.7 Å². The maximum atomic E-state index is 14.6. The van der Waals surface area contributed by atoms with E-state index in [1.54, 1.807) is 92.3 Å². The molecule has 6 unspecified atom stereocenters. The number of carboxylic acids is 2. The molecular formula is C99H117BCl5F4N16O14S10U. The van der Waals surface area contributed by atoms with E-state index in [2.05, 4.69) is 125 Å². The number of Topliss-reactive ketones (excluding diaryl/α,β-unsaturated/α-hetero) is 2. The van der Waals surface area contributed by atoms with Gasteiger partial charge in [-0.15, -0.1) is 12.4 Å². The molecule has 4 aliphatic carbocycles. The van der Waals surface area contributed by atoms with Gasteiger partial charge in [-0.05, 0) is 166 Å². The first kappa shape index (κ1) is 129. The third-order valence-electron chi connectivity index (χ3n) is 24.0. The molecule has 8 N–H and O–H groups in total. The smallest absolute Gasteiger partial charge is 0.411 e. The van der Waals surface area contributed by atoms with Gasteiger partial charge in [0.05, 0.1) is 45.0 Å². The van der Waals surface area contributed by atoms with Crippen LogP contribution in [0.3, 0.4) is 0 Å². The normalized spacial score (nSPS) is 21.8. The molecule has 8 heterocycles. The van der Waals surface area contributed by atoms with E-state index in [9.17, 15) is 65.5 Å². The Morgan fingerprint density at radius 1 is 0.500 bits per heavy atom. The molecule has 10 aromatic rings. The van der Waals surface area contributed by atoms with Crippen LogP contribution in [-0.4, -0.2) is 245 Å². The Bertz CT molecular complexity index is 6540. The van der Waals surface area contributed by atoms with E-state index in [1.165, 1.54) is 56.3 Å². The van der Waals surface area contributed by atoms with Gasteiger partial charge in [0.25, 0.3) is 0 Å². The average molecular weight is 2580 g/mol. The number of aliphatic carboxylic acids is 2. The standard InChI is InChI=1S/C30H28ClFN6O3.C19H24ClFN2O3.C16H14N4O3.C14H16ClFN2O.C10H16FNO4.C9H10ClN.CH4.BH2.ClH.S4.S3.S2.H2S.U/c1-16(39)29-23-9-18(19-12-33-17(2)34-13-19)7-8-26(23)38(36-29)15-28(40)37-14-20(32)10-27(37)30(41)35-25-11-22(25)21-5-3-4-6-24(21)31;1-19(2,3)26-18(25)23-10-11(21)8-16(23)17(24)22-15-9-13(15)12-6-4-5-7-14(12)20;1-9(21)16-13-5-11(12-6-17-10(2)18-7-12)3-4-14(13)20(19-16)8-15(22)23;15-11-4-2-1-3-9(11)10-6-12(10)18-14(19)13-5-8(16)7-17-13;1-10(2,3)16-9(15)12-5-6(11)4-7(12)8(13)14;10-8-4-2-1-3-6(8)7-5-9(7)11;;;;1-3-4-2;1-3-2;1-2;;/h3-9,12-13,20,22,25,27H,10-11,14-15H2,1-2H3,(H,35,41);4-7,11,13,15-16H,8-10H2,1-3H3,(H,22,24);3-7H,8H2,1-2H3,(H,22,23);1-4,8,10,12-13,17H,5-7H2,(H,18,19);6-7H,4-5H2,1-3H3,(H,13,14);1-4,7,9H,5,11H2;1H4;1H2;1H;;;;1H2;/t20-,22+,25-,27+;11-,13?,15?,16+;;8-,10?,12?,13+;6-,7+;;;;;;;;;/m11.11........./s1/i;;;;;;;1T2;;;;;;. The second kappa shape index (κ2) is 61.2. The van der Waals surface area contributed by atoms with Crippen molar-refractivity contribution in [2.75, 3.05) is 26.2 Å². The first-order valence-corrected chi connectivity index (χ1v) is 55.2. The molecule has 0 spiro atoms. The van der Waals surface area contributed by atoms with Gasteiger partial charge in [-0.1, -0.05) is 139 Å². The van der Waals surface area contributed by atoms with E-state index in [1.807, 2.05) is 115 Å². The first-order valence-electron chi connectivity index (χ1n) is 46.9. The van der Waals surface area contributed by atoms with Gasteiger partial charge in [0, 0.05) is 286 Å². The summed E-state index contributed by atoms with van der Waals surface area (Å²) in [6.45, 7) is 15.9. The van der Waals surface area contributed by atoms with E-state index in [4.69, 9.17) is 74.5 Å². The fraction of sp³-hybridized carbons (Fsp3) is 0.434. The van der Waals surface area contributed by atoms with E-state index in [0.717, 1.165) is 88.5 Å². The molecule has 807 valence electrons. The van der Waals surface area contributed by atoms with Crippen molar-refractivity contribution in [1.29, 1.82) is 2.67 Å². The van der Waals surface area contributed by atoms with Crippen LogP contribution >= 0.6 is 72.3 Å². The van der Waals surface area contributed by atoms with Gasteiger partial charge >= 0.3 is 24.1 Å². The first-order chi connectivity index (χ1) is 70.2. The number of alkyl halides is 4. The minimum Gasteiger partial charge on any atom is -0.480 e. The number of rotatable bonds is 19. The number of nitrogens with two attached hydrogens (primary N) is 1. The maximum Gasteiger partial charge on any atom is 0.411 e. The summed E-state index contributed by atoms with van der Waals surface area (Å²) in [5.74, 6) is -1.56. The molecule has 4 saturated carbocycles. The Kier molecular flexibility index (Phi) is 52.5. The number of nitrogens with zero attached hydrogens (tertiary/aromatic N) is 11. The van der Waals surface area contributed by atoms with Gasteiger partial charge < -0.3 is 51.6 Å². The van der Waals surface area contributed by atoms with Crippen molar-refractivity contribution in [3.63, 3.8) is 0 Å². The maximum absolute atomic E-state index is 14.6. The molecule has 18 rings (SSSR count). The number of carbonyl (C=O) groups is 10. The number of aryl methyl sites for hydroxylation is 2. The Morgan fingerprint density at radius 3 is 1.13 bits per heavy atom. The topological polar surface area (TPSA) is 401 Å². The Balaban J connectivity index is 0.000000324. The summed E-state index contributed by atoms with van der Waals surface area (Å²) >= 11 is 48.9. The summed E-state index contributed by atoms with van der Waals surface area (Å²) in [5, 5.41) is 42.3. The van der Waals surface area contributed by atoms with Gasteiger partial charge in [0.1, 0.15) is 90.1 Å². The predicted octanol–water partition coefficient (Wildman–Crippen LogP) is 15.8. The number of carboxylic acid groups (broad SMARTS) is 2. The molecule has 6 aromatic carbocycles. The number of likely N-dealkylation sites (tertiary alicyclic amines) is 3. The zero-order valence-electron chi connectivity index (χ0n) is 84.1. The number of carbonyl (C=O) groups excluding carboxylic acids is 8. The van der Waals surface area contributed by atoms with Crippen LogP contribution in [-0.2, 0) is 145 Å². The molecule has 0 bridgehead atoms. The number of hydrogen-bond acceptors (Lipinski definition) is 26. The Morgan fingerprint density at radius 2 is 0.820 bits per heavy atom. The van der Waals surface area contributed by atoms with Gasteiger partial charge in [0.2, 0.25) is 23.6 Å². The van der Waals surface area contributed by atoms with Crippen molar-refractivity contribution in [3.8, 4) is 22.3 Å². The summed E-state index contributed by atoms with van der Waals surface area (Å²) in [6, 6.07) is 38.6. The van der Waals surface area contributed by atoms with Gasteiger partial charge in [-0.25, -0.2) is 51.9 Å². The van der Waals surface area contributed by atoms with E-state index >= 15 is 0 Å². The van der Waals surface area contributed by atoms with Crippen molar-refractivity contribution < 1.29 is 116 Å². The number of amides is 6. The summed E-state index contributed by atoms with van der Waals surface area (Å²) in [4.78, 5) is 141. The number of benzene rings is 6. The molecule has 51 heteroatoms. The average Bonchev–Trinajstić information content (AvgIpc) is 1.63. The molecule has 1 radical (unpaired) electrons. The van der Waals surface area contributed by atoms with Gasteiger partial charge in [0.15, 0.2) is 11.6 Å². The number of halogens is 9. The fourth-order valence-electron chi connectivity index (χ4n) is 16.8. The number of aromatic nitrogens is 8. The van der Waals surface area contributed by atoms with Crippen LogP contribution < -0.4 is 27.0 Å². The number of hydrogen-bond donors (Lipinski definition) is 7. The van der Waals surface area contributed by atoms with Crippen molar-refractivity contribution in [1.82, 2.24) is 75.5 Å². The van der Waals surface area contributed by atoms with Crippen LogP contribution in [0.2, 0.25) is 20.1 Å². The molecule has 4 aromatic heterocycles. The van der Waals surface area contributed by atoms with Crippen LogP contribution in [0.4, 0.5) is 27.2 Å². The van der Waals surface area contributed by atoms with Crippen LogP contribution in [0.15, 0.2) is 158 Å². The zero-order valence-corrected chi connectivity index (χ0v) is 98.5. The van der Waals surface area contributed by atoms with Crippen molar-refractivity contribution >= 4 is 256 Å². The van der Waals surface area contributed by atoms with Crippen LogP contribution in [0.5, 0.6) is 0 Å². The van der Waals surface area contributed by atoms with Crippen molar-refractivity contribution in [2.24, 2.45) is 5.73 Å². The summed E-state index contributed by atoms with van der Waals surface area (Å²) in [7, 11) is 3.76. The largest absolute Gasteiger partial charge is 0.480 e. The third-order valence-corrected chi connectivity index (χ3v) is 27.6. The summed E-state index contributed by atoms with van der Waals surface area (Å²) in [6.07, 6.45) is 4.19. The SMILES string of the molecule is C.CC(=O)c1nn(CC(=O)N2C[C@H](F)C[C@H]2C(=O)N[C@@H]2C[C@H]2c2ccccc2Cl)c2ccc(-c3cnc(C)nc3)cc12.CC(=O)c1nn(CC(=O)O)c2ccc(-c3cnc(C)nc3)cc12.CC(C)(C)OC(=O)N1C[C@H](F)C[C@H]1C(=O)NC1CC1c1ccccc1Cl.CC(C)(C)OC(=O)N1C[C@H](F)C[C@H]1C(=O)O.Cl.NC1CC1c1ccccc1Cl.O=C(NC1CC1c1ccccc1Cl)[C@@H]1C[C@@H](F)CN1.S.S=S.S=S=S.S=S=S=S.[3H][B][3H].[U]. The second-order valence-corrected chi connectivity index (χ2v) is 44.1. The quantitative estimate of drug-likeness (QED) is 0.0225. The molecule has 6 amide bonds. The van der Waals surface area contributed by atoms with E-state index < -0.39 is 84.0 Å². The third kappa shape index (κ3) is 38.0. The number of ketones is 2. The summed E-state index contributed by atoms with van der Waals surface area (Å²) in [5.41, 5.74) is 13.5. The minimum atomic E-state index is -1.31. The van der Waals surface area contributed by atoms with Crippen LogP contribution in [0, 0.1) is 45.0 Å². The van der Waals surface area contributed by atoms with E-state index in [-0.39, 0.29) is 206 Å². The molecule has 4 saturated heterocycles. The van der Waals surface area contributed by atoms with Gasteiger partial charge in [-0.3, -0.25) is 52.7 Å². The zero-order chi connectivity index (χ0) is 109. The molecular weight excluding hydrogens is 2460 g/mol.